The molecule has 0 unspecified atom stereocenters. The van der Waals surface area contributed by atoms with Crippen LogP contribution in [0.4, 0.5) is 4.79 Å². The number of ether oxygens (including phenoxy) is 4. The van der Waals surface area contributed by atoms with Crippen LogP contribution in [0.25, 0.3) is 0 Å². The summed E-state index contributed by atoms with van der Waals surface area (Å²) < 4.78 is 49.6. The number of nitrogens with zero attached hydrogens (tertiary/aromatic N) is 5. The third-order valence-corrected chi connectivity index (χ3v) is 10.7. The predicted molar refractivity (Wildman–Crippen MR) is 194 cm³/mol. The summed E-state index contributed by atoms with van der Waals surface area (Å²) in [6, 6.07) is 20.4. The van der Waals surface area contributed by atoms with E-state index >= 15 is 0 Å². The molecule has 1 aromatic heterocycles. The Hall–Kier alpha value is -5.08. The summed E-state index contributed by atoms with van der Waals surface area (Å²) in [4.78, 5) is 30.2. The molecule has 1 aliphatic heterocycles. The Morgan fingerprint density at radius 3 is 2.21 bits per heavy atom. The minimum absolute atomic E-state index is 0.137. The van der Waals surface area contributed by atoms with Gasteiger partial charge in [0.2, 0.25) is 10.0 Å². The smallest absolute Gasteiger partial charge is 0.415 e. The van der Waals surface area contributed by atoms with Gasteiger partial charge in [-0.2, -0.15) is 9.40 Å². The molecule has 2 amide bonds. The monoisotopic (exact) mass is 731 g/mol. The van der Waals surface area contributed by atoms with Crippen molar-refractivity contribution in [3.8, 4) is 23.0 Å². The lowest BCUT2D eigenvalue weighted by molar-refractivity contribution is 0.0717. The van der Waals surface area contributed by atoms with Crippen molar-refractivity contribution in [3.05, 3.63) is 100 Å². The van der Waals surface area contributed by atoms with Crippen molar-refractivity contribution in [2.75, 3.05) is 46.7 Å². The number of amides is 2. The Kier molecular flexibility index (Phi) is 11.1. The number of carbonyl (C=O) groups is 2. The van der Waals surface area contributed by atoms with E-state index in [4.69, 9.17) is 18.9 Å². The van der Waals surface area contributed by atoms with Crippen LogP contribution in [0.5, 0.6) is 23.0 Å². The van der Waals surface area contributed by atoms with Crippen molar-refractivity contribution in [1.29, 1.82) is 0 Å². The van der Waals surface area contributed by atoms with Crippen LogP contribution in [0.15, 0.2) is 66.7 Å². The number of hydrogen-bond acceptors (Lipinski definition) is 9. The standard InChI is InChI=1S/C38H45N5O8S/c1-26-21-32(48-3)16-13-29(26)23-42(37(44)34-22-33(28-11-12-28)39-40(34)2)24-30-7-6-8-35(36(30)49-4)50-25-27-9-14-31(15-10-27)51-38(45)41-17-19-43(20-18-41)52(5,46)47/h6-10,13-16,21-22,28H,11-12,17-20,23-25H2,1-5H3. The highest BCUT2D eigenvalue weighted by Crippen LogP contribution is 2.40. The Morgan fingerprint density at radius 2 is 1.58 bits per heavy atom. The summed E-state index contributed by atoms with van der Waals surface area (Å²) in [6.45, 7) is 3.83. The zero-order valence-corrected chi connectivity index (χ0v) is 31.0. The van der Waals surface area contributed by atoms with E-state index in [0.717, 1.165) is 52.8 Å². The molecule has 276 valence electrons. The summed E-state index contributed by atoms with van der Waals surface area (Å²) in [5, 5.41) is 4.64. The summed E-state index contributed by atoms with van der Waals surface area (Å²) in [5.74, 6) is 2.45. The molecule has 1 saturated heterocycles. The average Bonchev–Trinajstić information content (AvgIpc) is 3.92. The molecule has 0 bridgehead atoms. The lowest BCUT2D eigenvalue weighted by Gasteiger charge is -2.32. The zero-order valence-electron chi connectivity index (χ0n) is 30.2. The number of piperazine rings is 1. The number of sulfonamides is 1. The summed E-state index contributed by atoms with van der Waals surface area (Å²) >= 11 is 0. The number of aryl methyl sites for hydroxylation is 2. The van der Waals surface area contributed by atoms with E-state index in [0.29, 0.717) is 35.4 Å². The van der Waals surface area contributed by atoms with Gasteiger partial charge in [-0.1, -0.05) is 30.3 Å². The molecule has 0 N–H and O–H groups in total. The van der Waals surface area contributed by atoms with E-state index < -0.39 is 16.1 Å². The minimum atomic E-state index is -3.29. The SMILES string of the molecule is COc1ccc(CN(Cc2cccc(OCc3ccc(OC(=O)N4CCN(S(C)(=O)=O)CC4)cc3)c2OC)C(=O)c2cc(C3CC3)nn2C)c(C)c1. The number of methoxy groups -OCH3 is 2. The van der Waals surface area contributed by atoms with Crippen LogP contribution in [0.2, 0.25) is 0 Å². The molecule has 13 nitrogen and oxygen atoms in total. The highest BCUT2D eigenvalue weighted by molar-refractivity contribution is 7.88. The Labute approximate surface area is 304 Å². The molecule has 52 heavy (non-hydrogen) atoms. The zero-order chi connectivity index (χ0) is 37.0. The average molecular weight is 732 g/mol. The van der Waals surface area contributed by atoms with E-state index in [2.05, 4.69) is 5.10 Å². The van der Waals surface area contributed by atoms with Crippen LogP contribution in [0, 0.1) is 6.92 Å². The third kappa shape index (κ3) is 8.68. The van der Waals surface area contributed by atoms with Crippen molar-refractivity contribution >= 4 is 22.0 Å². The molecule has 0 radical (unpaired) electrons. The molecule has 2 fully saturated rings. The molecule has 2 aliphatic rings. The predicted octanol–water partition coefficient (Wildman–Crippen LogP) is 5.12. The molecule has 14 heteroatoms. The van der Waals surface area contributed by atoms with E-state index in [1.165, 1.54) is 9.21 Å². The molecular weight excluding hydrogens is 687 g/mol. The van der Waals surface area contributed by atoms with Crippen molar-refractivity contribution in [2.45, 2.75) is 45.4 Å². The van der Waals surface area contributed by atoms with Gasteiger partial charge in [0.1, 0.15) is 23.8 Å². The van der Waals surface area contributed by atoms with Crippen LogP contribution in [0.1, 0.15) is 57.2 Å². The first-order valence-corrected chi connectivity index (χ1v) is 19.0. The van der Waals surface area contributed by atoms with Gasteiger partial charge in [0.05, 0.1) is 32.7 Å². The minimum Gasteiger partial charge on any atom is -0.497 e. The van der Waals surface area contributed by atoms with Gasteiger partial charge in [0.25, 0.3) is 5.91 Å². The molecule has 1 aliphatic carbocycles. The summed E-state index contributed by atoms with van der Waals surface area (Å²) in [5.41, 5.74) is 5.11. The number of para-hydroxylation sites is 1. The van der Waals surface area contributed by atoms with Gasteiger partial charge in [-0.15, -0.1) is 0 Å². The van der Waals surface area contributed by atoms with Gasteiger partial charge in [0, 0.05) is 51.3 Å². The van der Waals surface area contributed by atoms with Crippen LogP contribution in [0.3, 0.4) is 0 Å². The quantitative estimate of drug-likeness (QED) is 0.184. The molecule has 1 saturated carbocycles. The van der Waals surface area contributed by atoms with Gasteiger partial charge in [-0.25, -0.2) is 13.2 Å². The van der Waals surface area contributed by atoms with E-state index in [9.17, 15) is 18.0 Å². The second-order valence-electron chi connectivity index (χ2n) is 13.2. The van der Waals surface area contributed by atoms with E-state index in [1.54, 1.807) is 35.9 Å². The lowest BCUT2D eigenvalue weighted by Crippen LogP contribution is -2.51. The Balaban J connectivity index is 1.14. The largest absolute Gasteiger partial charge is 0.497 e. The molecule has 6 rings (SSSR count). The number of rotatable bonds is 13. The molecule has 4 aromatic rings. The van der Waals surface area contributed by atoms with E-state index in [1.807, 2.05) is 68.6 Å². The van der Waals surface area contributed by atoms with Crippen LogP contribution >= 0.6 is 0 Å². The first kappa shape index (κ1) is 36.7. The molecular formula is C38H45N5O8S. The maximum Gasteiger partial charge on any atom is 0.415 e. The third-order valence-electron chi connectivity index (χ3n) is 9.43. The van der Waals surface area contributed by atoms with Crippen LogP contribution in [-0.4, -0.2) is 91.0 Å². The van der Waals surface area contributed by atoms with Crippen LogP contribution in [-0.2, 0) is 36.8 Å². The van der Waals surface area contributed by atoms with Crippen molar-refractivity contribution in [3.63, 3.8) is 0 Å². The van der Waals surface area contributed by atoms with Crippen molar-refractivity contribution in [2.24, 2.45) is 7.05 Å². The van der Waals surface area contributed by atoms with Gasteiger partial charge in [-0.05, 0) is 72.9 Å². The maximum atomic E-state index is 14.2. The molecule has 3 aromatic carbocycles. The van der Waals surface area contributed by atoms with Gasteiger partial charge in [-0.3, -0.25) is 9.48 Å². The van der Waals surface area contributed by atoms with Crippen LogP contribution < -0.4 is 18.9 Å². The van der Waals surface area contributed by atoms with Gasteiger partial charge < -0.3 is 28.7 Å². The normalized spacial score (nSPS) is 14.9. The first-order valence-electron chi connectivity index (χ1n) is 17.2. The van der Waals surface area contributed by atoms with Crippen molar-refractivity contribution < 1.29 is 37.0 Å². The lowest BCUT2D eigenvalue weighted by atomic mass is 10.1. The summed E-state index contributed by atoms with van der Waals surface area (Å²) in [6.07, 6.45) is 2.82. The molecule has 2 heterocycles. The fraction of sp³-hybridized carbons (Fsp3) is 0.395. The second kappa shape index (κ2) is 15.7. The number of carbonyl (C=O) groups excluding carboxylic acids is 2. The Morgan fingerprint density at radius 1 is 0.885 bits per heavy atom. The Bertz CT molecular complexity index is 2020. The summed E-state index contributed by atoms with van der Waals surface area (Å²) in [7, 11) is 1.73. The topological polar surface area (TPSA) is 133 Å². The fourth-order valence-corrected chi connectivity index (χ4v) is 7.05. The maximum absolute atomic E-state index is 14.2. The van der Waals surface area contributed by atoms with Gasteiger partial charge >= 0.3 is 6.09 Å². The molecule has 0 atom stereocenters. The van der Waals surface area contributed by atoms with Gasteiger partial charge in [0.15, 0.2) is 11.5 Å². The number of aromatic nitrogens is 2. The highest BCUT2D eigenvalue weighted by atomic mass is 32.2. The number of benzene rings is 3. The highest BCUT2D eigenvalue weighted by Gasteiger charge is 2.30. The van der Waals surface area contributed by atoms with E-state index in [-0.39, 0.29) is 45.2 Å². The second-order valence-corrected chi connectivity index (χ2v) is 15.2. The molecule has 0 spiro atoms. The fourth-order valence-electron chi connectivity index (χ4n) is 6.23. The van der Waals surface area contributed by atoms with Crippen molar-refractivity contribution in [1.82, 2.24) is 23.9 Å². The first-order chi connectivity index (χ1) is 24.9. The number of hydrogen-bond donors (Lipinski definition) is 0.